The van der Waals surface area contributed by atoms with Gasteiger partial charge in [0.05, 0.1) is 13.2 Å². The highest BCUT2D eigenvalue weighted by Crippen LogP contribution is 2.40. The van der Waals surface area contributed by atoms with Gasteiger partial charge in [0.15, 0.2) is 11.4 Å². The van der Waals surface area contributed by atoms with Crippen molar-refractivity contribution in [1.29, 1.82) is 0 Å². The standard InChI is InChI=1S/C24H34F2N4O2/c1-4-23(5-2)8-11-29(16-23)22-28-27-21(24(32-6-3)9-12-31-17-24)30(22)10-7-18-13-19(25)15-20(26)14-18/h13-15H,4-12,16-17H2,1-3H3. The number of halogens is 2. The number of ether oxygens (including phenoxy) is 2. The number of rotatable bonds is 9. The van der Waals surface area contributed by atoms with E-state index < -0.39 is 17.2 Å². The van der Waals surface area contributed by atoms with Crippen LogP contribution in [0.15, 0.2) is 18.2 Å². The Balaban J connectivity index is 1.68. The van der Waals surface area contributed by atoms with Crippen molar-refractivity contribution in [1.82, 2.24) is 14.8 Å². The Bertz CT molecular complexity index is 902. The van der Waals surface area contributed by atoms with Crippen LogP contribution in [-0.2, 0) is 28.0 Å². The Labute approximate surface area is 188 Å². The topological polar surface area (TPSA) is 52.4 Å². The third-order valence-corrected chi connectivity index (χ3v) is 7.31. The molecule has 0 radical (unpaired) electrons. The molecule has 4 rings (SSSR count). The predicted octanol–water partition coefficient (Wildman–Crippen LogP) is 4.47. The van der Waals surface area contributed by atoms with Crippen molar-refractivity contribution in [2.75, 3.05) is 37.8 Å². The number of aryl methyl sites for hydroxylation is 1. The van der Waals surface area contributed by atoms with E-state index in [2.05, 4.69) is 33.5 Å². The molecule has 0 spiro atoms. The molecule has 0 N–H and O–H groups in total. The van der Waals surface area contributed by atoms with Crippen molar-refractivity contribution in [2.45, 2.75) is 65.0 Å². The van der Waals surface area contributed by atoms with Crippen LogP contribution in [0.1, 0.15) is 57.8 Å². The van der Waals surface area contributed by atoms with E-state index in [9.17, 15) is 8.78 Å². The molecule has 0 aliphatic carbocycles. The number of hydrogen-bond acceptors (Lipinski definition) is 5. The Morgan fingerprint density at radius 1 is 1.06 bits per heavy atom. The molecule has 1 aromatic heterocycles. The van der Waals surface area contributed by atoms with E-state index in [4.69, 9.17) is 9.47 Å². The van der Waals surface area contributed by atoms with Gasteiger partial charge >= 0.3 is 0 Å². The van der Waals surface area contributed by atoms with Crippen LogP contribution >= 0.6 is 0 Å². The van der Waals surface area contributed by atoms with Gasteiger partial charge in [-0.3, -0.25) is 4.57 Å². The smallest absolute Gasteiger partial charge is 0.227 e. The van der Waals surface area contributed by atoms with E-state index in [-0.39, 0.29) is 5.41 Å². The van der Waals surface area contributed by atoms with E-state index in [0.29, 0.717) is 44.8 Å². The Kier molecular flexibility index (Phi) is 6.81. The lowest BCUT2D eigenvalue weighted by Gasteiger charge is -2.29. The fraction of sp³-hybridized carbons (Fsp3) is 0.667. The molecule has 1 aromatic carbocycles. The van der Waals surface area contributed by atoms with Gasteiger partial charge in [-0.1, -0.05) is 13.8 Å². The molecule has 1 unspecified atom stereocenters. The first-order chi connectivity index (χ1) is 15.4. The first-order valence-electron chi connectivity index (χ1n) is 11.8. The van der Waals surface area contributed by atoms with Crippen LogP contribution in [0.3, 0.4) is 0 Å². The fourth-order valence-electron chi connectivity index (χ4n) is 5.18. The van der Waals surface area contributed by atoms with Gasteiger partial charge in [0.25, 0.3) is 0 Å². The summed E-state index contributed by atoms with van der Waals surface area (Å²) in [6.45, 7) is 10.4. The van der Waals surface area contributed by atoms with Gasteiger partial charge in [-0.25, -0.2) is 8.78 Å². The molecule has 0 amide bonds. The summed E-state index contributed by atoms with van der Waals surface area (Å²) in [4.78, 5) is 2.31. The first-order valence-corrected chi connectivity index (χ1v) is 11.8. The number of anilines is 1. The number of hydrogen-bond donors (Lipinski definition) is 0. The van der Waals surface area contributed by atoms with E-state index in [0.717, 1.165) is 50.2 Å². The summed E-state index contributed by atoms with van der Waals surface area (Å²) >= 11 is 0. The lowest BCUT2D eigenvalue weighted by atomic mass is 9.82. The summed E-state index contributed by atoms with van der Waals surface area (Å²) in [5.74, 6) is 0.435. The van der Waals surface area contributed by atoms with Gasteiger partial charge in [0, 0.05) is 38.7 Å². The molecule has 2 aromatic rings. The van der Waals surface area contributed by atoms with Crippen LogP contribution < -0.4 is 4.90 Å². The average Bonchev–Trinajstić information content (AvgIpc) is 3.50. The fourth-order valence-corrected chi connectivity index (χ4v) is 5.18. The largest absolute Gasteiger partial charge is 0.378 e. The van der Waals surface area contributed by atoms with Crippen LogP contribution in [0.25, 0.3) is 0 Å². The maximum atomic E-state index is 13.8. The molecule has 2 aliphatic rings. The minimum absolute atomic E-state index is 0.288. The van der Waals surface area contributed by atoms with Crippen LogP contribution in [0.5, 0.6) is 0 Å². The molecule has 32 heavy (non-hydrogen) atoms. The van der Waals surface area contributed by atoms with Crippen LogP contribution in [0.2, 0.25) is 0 Å². The second-order valence-corrected chi connectivity index (χ2v) is 9.11. The van der Waals surface area contributed by atoms with Gasteiger partial charge in [0.1, 0.15) is 11.6 Å². The molecule has 2 aliphatic heterocycles. The Hall–Kier alpha value is -2.06. The highest BCUT2D eigenvalue weighted by atomic mass is 19.1. The highest BCUT2D eigenvalue weighted by molar-refractivity contribution is 5.36. The van der Waals surface area contributed by atoms with E-state index in [1.807, 2.05) is 6.92 Å². The molecule has 0 bridgehead atoms. The molecular formula is C24H34F2N4O2. The van der Waals surface area contributed by atoms with Crippen molar-refractivity contribution in [2.24, 2.45) is 5.41 Å². The number of benzene rings is 1. The summed E-state index contributed by atoms with van der Waals surface area (Å²) in [7, 11) is 0. The third-order valence-electron chi connectivity index (χ3n) is 7.31. The summed E-state index contributed by atoms with van der Waals surface area (Å²) in [5.41, 5.74) is 0.259. The van der Waals surface area contributed by atoms with Gasteiger partial charge in [-0.05, 0) is 55.7 Å². The molecule has 176 valence electrons. The minimum Gasteiger partial charge on any atom is -0.378 e. The second kappa shape index (κ2) is 9.43. The predicted molar refractivity (Wildman–Crippen MR) is 119 cm³/mol. The maximum Gasteiger partial charge on any atom is 0.227 e. The molecule has 0 saturated carbocycles. The summed E-state index contributed by atoms with van der Waals surface area (Å²) in [5, 5.41) is 9.21. The van der Waals surface area contributed by atoms with E-state index in [1.54, 1.807) is 0 Å². The Morgan fingerprint density at radius 2 is 1.81 bits per heavy atom. The zero-order chi connectivity index (χ0) is 22.8. The first kappa shape index (κ1) is 23.1. The highest BCUT2D eigenvalue weighted by Gasteiger charge is 2.44. The van der Waals surface area contributed by atoms with E-state index >= 15 is 0 Å². The average molecular weight is 449 g/mol. The molecular weight excluding hydrogens is 414 g/mol. The molecule has 3 heterocycles. The molecule has 2 fully saturated rings. The van der Waals surface area contributed by atoms with Crippen LogP contribution in [0, 0.1) is 17.0 Å². The third kappa shape index (κ3) is 4.39. The summed E-state index contributed by atoms with van der Waals surface area (Å²) < 4.78 is 41.5. The zero-order valence-electron chi connectivity index (χ0n) is 19.4. The van der Waals surface area contributed by atoms with Gasteiger partial charge in [-0.2, -0.15) is 0 Å². The van der Waals surface area contributed by atoms with Crippen molar-refractivity contribution in [3.05, 3.63) is 41.2 Å². The Morgan fingerprint density at radius 3 is 2.41 bits per heavy atom. The van der Waals surface area contributed by atoms with Crippen LogP contribution in [-0.4, -0.2) is 47.7 Å². The SMILES string of the molecule is CCOC1(c2nnc(N3CCC(CC)(CC)C3)n2CCc2cc(F)cc(F)c2)CCOC1. The van der Waals surface area contributed by atoms with Crippen molar-refractivity contribution < 1.29 is 18.3 Å². The van der Waals surface area contributed by atoms with Gasteiger partial charge in [-0.15, -0.1) is 10.2 Å². The monoisotopic (exact) mass is 448 g/mol. The number of nitrogens with zero attached hydrogens (tertiary/aromatic N) is 4. The summed E-state index contributed by atoms with van der Waals surface area (Å²) in [6.07, 6.45) is 4.55. The minimum atomic E-state index is -0.639. The summed E-state index contributed by atoms with van der Waals surface area (Å²) in [6, 6.07) is 3.68. The lowest BCUT2D eigenvalue weighted by Crippen LogP contribution is -2.35. The zero-order valence-corrected chi connectivity index (χ0v) is 19.4. The van der Waals surface area contributed by atoms with E-state index in [1.165, 1.54) is 12.1 Å². The normalized spacial score (nSPS) is 22.7. The van der Waals surface area contributed by atoms with Crippen LogP contribution in [0.4, 0.5) is 14.7 Å². The number of aromatic nitrogens is 3. The van der Waals surface area contributed by atoms with Crippen molar-refractivity contribution in [3.63, 3.8) is 0 Å². The maximum absolute atomic E-state index is 13.8. The second-order valence-electron chi connectivity index (χ2n) is 9.11. The molecule has 8 heteroatoms. The van der Waals surface area contributed by atoms with Crippen molar-refractivity contribution in [3.8, 4) is 0 Å². The molecule has 2 saturated heterocycles. The van der Waals surface area contributed by atoms with Gasteiger partial charge in [0.2, 0.25) is 5.95 Å². The van der Waals surface area contributed by atoms with Gasteiger partial charge < -0.3 is 14.4 Å². The molecule has 6 nitrogen and oxygen atoms in total. The molecule has 1 atom stereocenters. The lowest BCUT2D eigenvalue weighted by molar-refractivity contribution is -0.0569. The quantitative estimate of drug-likeness (QED) is 0.567. The van der Waals surface area contributed by atoms with Crippen molar-refractivity contribution >= 4 is 5.95 Å².